The maximum atomic E-state index is 13.9. The quantitative estimate of drug-likeness (QED) is 0.615. The molecule has 2 fully saturated rings. The second kappa shape index (κ2) is 10.3. The van der Waals surface area contributed by atoms with Crippen molar-refractivity contribution in [3.63, 3.8) is 0 Å². The van der Waals surface area contributed by atoms with Crippen LogP contribution in [0.15, 0.2) is 30.3 Å². The van der Waals surface area contributed by atoms with Gasteiger partial charge in [0, 0.05) is 55.8 Å². The molecule has 1 aliphatic heterocycles. The Morgan fingerprint density at radius 1 is 1.14 bits per heavy atom. The first kappa shape index (κ1) is 25.7. The fourth-order valence-corrected chi connectivity index (χ4v) is 5.26. The molecule has 1 N–H and O–H groups in total. The highest BCUT2D eigenvalue weighted by Crippen LogP contribution is 2.41. The zero-order valence-corrected chi connectivity index (χ0v) is 21.9. The molecule has 2 heterocycles. The van der Waals surface area contributed by atoms with E-state index in [1.165, 1.54) is 18.6 Å². The third kappa shape index (κ3) is 5.12. The topological polar surface area (TPSA) is 61.4 Å². The minimum Gasteiger partial charge on any atom is -0.318 e. The van der Waals surface area contributed by atoms with E-state index in [4.69, 9.17) is 9.97 Å². The minimum atomic E-state index is -0.718. The van der Waals surface area contributed by atoms with Gasteiger partial charge in [-0.15, -0.1) is 0 Å². The molecule has 35 heavy (non-hydrogen) atoms. The highest BCUT2D eigenvalue weighted by Gasteiger charge is 2.46. The Labute approximate surface area is 209 Å². The lowest BCUT2D eigenvalue weighted by molar-refractivity contribution is -0.0525. The van der Waals surface area contributed by atoms with Crippen LogP contribution in [0.3, 0.4) is 0 Å². The molecule has 190 valence electrons. The summed E-state index contributed by atoms with van der Waals surface area (Å²) in [6.45, 7) is 12.0. The van der Waals surface area contributed by atoms with Crippen molar-refractivity contribution in [3.8, 4) is 0 Å². The van der Waals surface area contributed by atoms with Gasteiger partial charge in [-0.1, -0.05) is 40.5 Å². The van der Waals surface area contributed by atoms with E-state index in [0.29, 0.717) is 11.5 Å². The first-order valence-corrected chi connectivity index (χ1v) is 13.1. The van der Waals surface area contributed by atoms with Crippen LogP contribution in [-0.4, -0.2) is 58.9 Å². The van der Waals surface area contributed by atoms with Crippen molar-refractivity contribution < 1.29 is 9.18 Å². The SMILES string of the molecule is CCCC(c1cc(C2CCC2)nc(C(C)(C)C)n1)(N1CCNCC1)N(C)C(=O)c1ccc(F)cc1. The number of hydrogen-bond donors (Lipinski definition) is 1. The number of hydrogen-bond acceptors (Lipinski definition) is 5. The summed E-state index contributed by atoms with van der Waals surface area (Å²) in [5.74, 6) is 0.813. The van der Waals surface area contributed by atoms with E-state index in [-0.39, 0.29) is 17.1 Å². The summed E-state index contributed by atoms with van der Waals surface area (Å²) in [6.07, 6.45) is 5.17. The van der Waals surface area contributed by atoms with Crippen LogP contribution in [0.5, 0.6) is 0 Å². The average molecular weight is 482 g/mol. The van der Waals surface area contributed by atoms with E-state index >= 15 is 0 Å². The van der Waals surface area contributed by atoms with Gasteiger partial charge < -0.3 is 10.2 Å². The van der Waals surface area contributed by atoms with E-state index in [1.807, 2.05) is 11.9 Å². The van der Waals surface area contributed by atoms with E-state index in [1.54, 1.807) is 12.1 Å². The predicted molar refractivity (Wildman–Crippen MR) is 137 cm³/mol. The van der Waals surface area contributed by atoms with E-state index in [2.05, 4.69) is 44.0 Å². The number of piperazine rings is 1. The molecule has 1 aromatic heterocycles. The fourth-order valence-electron chi connectivity index (χ4n) is 5.26. The van der Waals surface area contributed by atoms with Gasteiger partial charge in [0.15, 0.2) is 0 Å². The third-order valence-corrected chi connectivity index (χ3v) is 7.54. The number of aromatic nitrogens is 2. The average Bonchev–Trinajstić information content (AvgIpc) is 2.81. The van der Waals surface area contributed by atoms with Crippen LogP contribution in [0, 0.1) is 5.82 Å². The third-order valence-electron chi connectivity index (χ3n) is 7.54. The van der Waals surface area contributed by atoms with Crippen LogP contribution in [0.25, 0.3) is 0 Å². The zero-order chi connectivity index (χ0) is 25.2. The maximum Gasteiger partial charge on any atom is 0.255 e. The zero-order valence-electron chi connectivity index (χ0n) is 21.9. The summed E-state index contributed by atoms with van der Waals surface area (Å²) >= 11 is 0. The molecule has 0 spiro atoms. The molecule has 6 nitrogen and oxygen atoms in total. The number of nitrogens with zero attached hydrogens (tertiary/aromatic N) is 4. The van der Waals surface area contributed by atoms with Gasteiger partial charge in [0.2, 0.25) is 0 Å². The number of nitrogens with one attached hydrogen (secondary N) is 1. The van der Waals surface area contributed by atoms with Crippen molar-refractivity contribution >= 4 is 5.91 Å². The summed E-state index contributed by atoms with van der Waals surface area (Å²) in [5.41, 5.74) is 1.55. The molecule has 1 aliphatic carbocycles. The molecule has 0 radical (unpaired) electrons. The van der Waals surface area contributed by atoms with Crippen LogP contribution in [-0.2, 0) is 11.1 Å². The van der Waals surface area contributed by atoms with E-state index in [9.17, 15) is 9.18 Å². The van der Waals surface area contributed by atoms with Crippen LogP contribution in [0.1, 0.15) is 93.3 Å². The Bertz CT molecular complexity index is 1020. The molecule has 7 heteroatoms. The number of carbonyl (C=O) groups is 1. The predicted octanol–water partition coefficient (Wildman–Crippen LogP) is 4.81. The summed E-state index contributed by atoms with van der Waals surface area (Å²) in [4.78, 5) is 28.4. The lowest BCUT2D eigenvalue weighted by Crippen LogP contribution is -2.63. The second-order valence-corrected chi connectivity index (χ2v) is 11.1. The van der Waals surface area contributed by atoms with Crippen molar-refractivity contribution in [1.82, 2.24) is 25.1 Å². The molecule has 1 atom stereocenters. The molecule has 0 bridgehead atoms. The van der Waals surface area contributed by atoms with Crippen molar-refractivity contribution in [1.29, 1.82) is 0 Å². The molecule has 1 saturated carbocycles. The summed E-state index contributed by atoms with van der Waals surface area (Å²) in [6, 6.07) is 8.02. The van der Waals surface area contributed by atoms with Crippen LogP contribution in [0.2, 0.25) is 0 Å². The molecule has 1 amide bonds. The standard InChI is InChI=1S/C28H40FN5O/c1-6-14-28(34-17-15-30-16-18-34,33(5)25(35)21-10-12-22(29)13-11-21)24-19-23(20-8-7-9-20)31-26(32-24)27(2,3)4/h10-13,19-20,30H,6-9,14-18H2,1-5H3. The molecule has 1 saturated heterocycles. The van der Waals surface area contributed by atoms with Gasteiger partial charge in [-0.05, 0) is 49.6 Å². The van der Waals surface area contributed by atoms with Gasteiger partial charge in [-0.2, -0.15) is 0 Å². The first-order chi connectivity index (χ1) is 16.7. The smallest absolute Gasteiger partial charge is 0.255 e. The number of amides is 1. The van der Waals surface area contributed by atoms with Crippen LogP contribution >= 0.6 is 0 Å². The van der Waals surface area contributed by atoms with Gasteiger partial charge in [0.25, 0.3) is 5.91 Å². The minimum absolute atomic E-state index is 0.127. The fraction of sp³-hybridized carbons (Fsp3) is 0.607. The van der Waals surface area contributed by atoms with Crippen molar-refractivity contribution in [3.05, 3.63) is 58.9 Å². The first-order valence-electron chi connectivity index (χ1n) is 13.1. The van der Waals surface area contributed by atoms with Crippen LogP contribution < -0.4 is 5.32 Å². The summed E-state index contributed by atoms with van der Waals surface area (Å²) in [7, 11) is 1.88. The van der Waals surface area contributed by atoms with Gasteiger partial charge in [0.1, 0.15) is 17.3 Å². The summed E-state index contributed by atoms with van der Waals surface area (Å²) < 4.78 is 13.6. The van der Waals surface area contributed by atoms with E-state index < -0.39 is 5.66 Å². The highest BCUT2D eigenvalue weighted by molar-refractivity contribution is 5.94. The molecule has 1 aromatic carbocycles. The monoisotopic (exact) mass is 481 g/mol. The Morgan fingerprint density at radius 3 is 2.34 bits per heavy atom. The summed E-state index contributed by atoms with van der Waals surface area (Å²) in [5, 5.41) is 3.45. The molecule has 1 unspecified atom stereocenters. The normalized spacial score (nSPS) is 19.1. The Kier molecular flexibility index (Phi) is 7.57. The number of carbonyl (C=O) groups excluding carboxylic acids is 1. The number of halogens is 1. The molecular formula is C28H40FN5O. The van der Waals surface area contributed by atoms with Gasteiger partial charge in [-0.3, -0.25) is 9.69 Å². The second-order valence-electron chi connectivity index (χ2n) is 11.1. The van der Waals surface area contributed by atoms with Gasteiger partial charge in [-0.25, -0.2) is 14.4 Å². The molecule has 2 aliphatic rings. The molecule has 4 rings (SSSR count). The Balaban J connectivity index is 1.89. The maximum absolute atomic E-state index is 13.9. The lowest BCUT2D eigenvalue weighted by Gasteiger charge is -2.51. The number of rotatable bonds is 7. The van der Waals surface area contributed by atoms with Gasteiger partial charge in [0.05, 0.1) is 5.69 Å². The lowest BCUT2D eigenvalue weighted by atomic mass is 9.81. The van der Waals surface area contributed by atoms with Crippen molar-refractivity contribution in [2.45, 2.75) is 76.8 Å². The van der Waals surface area contributed by atoms with Crippen molar-refractivity contribution in [2.24, 2.45) is 0 Å². The van der Waals surface area contributed by atoms with Gasteiger partial charge >= 0.3 is 0 Å². The Hall–Kier alpha value is -2.38. The van der Waals surface area contributed by atoms with E-state index in [0.717, 1.165) is 69.1 Å². The molecular weight excluding hydrogens is 441 g/mol. The largest absolute Gasteiger partial charge is 0.318 e. The molecule has 2 aromatic rings. The van der Waals surface area contributed by atoms with Crippen LogP contribution in [0.4, 0.5) is 4.39 Å². The number of benzene rings is 1. The van der Waals surface area contributed by atoms with Crippen molar-refractivity contribution in [2.75, 3.05) is 33.2 Å². The highest BCUT2D eigenvalue weighted by atomic mass is 19.1. The Morgan fingerprint density at radius 2 is 1.80 bits per heavy atom.